The van der Waals surface area contributed by atoms with Crippen LogP contribution in [0.3, 0.4) is 0 Å². The summed E-state index contributed by atoms with van der Waals surface area (Å²) < 4.78 is 38.3. The van der Waals surface area contributed by atoms with Crippen LogP contribution < -0.4 is 4.90 Å². The summed E-state index contributed by atoms with van der Waals surface area (Å²) in [5, 5.41) is 0. The van der Waals surface area contributed by atoms with E-state index in [0.717, 1.165) is 31.7 Å². The van der Waals surface area contributed by atoms with Gasteiger partial charge in [0.15, 0.2) is 0 Å². The third kappa shape index (κ3) is 2.47. The lowest BCUT2D eigenvalue weighted by molar-refractivity contribution is -0.137. The molecule has 2 aliphatic rings. The average molecular weight is 335 g/mol. The largest absolute Gasteiger partial charge is 0.416 e. The number of fused-ring (bicyclic) bond motifs is 2. The maximum Gasteiger partial charge on any atom is 0.416 e. The Bertz CT molecular complexity index is 463. The predicted octanol–water partition coefficient (Wildman–Crippen LogP) is 4.00. The fourth-order valence-electron chi connectivity index (χ4n) is 3.22. The Kier molecular flexibility index (Phi) is 3.23. The molecule has 0 amide bonds. The summed E-state index contributed by atoms with van der Waals surface area (Å²) >= 11 is 3.63. The summed E-state index contributed by atoms with van der Waals surface area (Å²) in [4.78, 5) is 6.72. The fraction of sp³-hybridized carbons (Fsp3) is 0.615. The van der Waals surface area contributed by atoms with E-state index in [1.54, 1.807) is 0 Å². The quantitative estimate of drug-likeness (QED) is 0.722. The molecule has 2 nitrogen and oxygen atoms in total. The van der Waals surface area contributed by atoms with E-state index < -0.39 is 11.7 Å². The lowest BCUT2D eigenvalue weighted by atomic mass is 10.0. The molecular weight excluding hydrogens is 321 g/mol. The molecule has 1 aromatic heterocycles. The van der Waals surface area contributed by atoms with E-state index in [2.05, 4.69) is 25.8 Å². The Morgan fingerprint density at radius 3 is 2.42 bits per heavy atom. The van der Waals surface area contributed by atoms with E-state index in [-0.39, 0.29) is 0 Å². The summed E-state index contributed by atoms with van der Waals surface area (Å²) in [5.74, 6) is 0.474. The van der Waals surface area contributed by atoms with E-state index in [4.69, 9.17) is 0 Å². The van der Waals surface area contributed by atoms with Gasteiger partial charge in [-0.1, -0.05) is 15.9 Å². The Morgan fingerprint density at radius 1 is 1.21 bits per heavy atom. The Hall–Kier alpha value is -0.780. The van der Waals surface area contributed by atoms with Crippen molar-refractivity contribution in [2.75, 3.05) is 4.90 Å². The highest BCUT2D eigenvalue weighted by Gasteiger charge is 2.41. The molecule has 3 rings (SSSR count). The summed E-state index contributed by atoms with van der Waals surface area (Å²) in [7, 11) is 0. The Morgan fingerprint density at radius 2 is 1.84 bits per heavy atom. The van der Waals surface area contributed by atoms with E-state index in [9.17, 15) is 13.2 Å². The number of piperidine rings is 1. The van der Waals surface area contributed by atoms with Crippen molar-refractivity contribution in [1.82, 2.24) is 4.98 Å². The first-order valence-corrected chi connectivity index (χ1v) is 7.32. The molecule has 6 heteroatoms. The molecular formula is C13H14BrF3N2. The van der Waals surface area contributed by atoms with Gasteiger partial charge in [0, 0.05) is 23.1 Å². The van der Waals surface area contributed by atoms with Crippen molar-refractivity contribution in [2.24, 2.45) is 0 Å². The summed E-state index contributed by atoms with van der Waals surface area (Å²) in [5.41, 5.74) is -0.613. The highest BCUT2D eigenvalue weighted by molar-refractivity contribution is 9.09. The van der Waals surface area contributed by atoms with Crippen molar-refractivity contribution in [1.29, 1.82) is 0 Å². The molecule has 0 aliphatic carbocycles. The third-order valence-electron chi connectivity index (χ3n) is 4.01. The number of aromatic nitrogens is 1. The smallest absolute Gasteiger partial charge is 0.351 e. The zero-order chi connectivity index (χ0) is 13.6. The van der Waals surface area contributed by atoms with Crippen molar-refractivity contribution in [2.45, 2.75) is 48.8 Å². The summed E-state index contributed by atoms with van der Waals surface area (Å²) in [6.45, 7) is 0. The number of hydrogen-bond acceptors (Lipinski definition) is 2. The fourth-order valence-corrected chi connectivity index (χ4v) is 4.08. The molecule has 2 aliphatic heterocycles. The number of alkyl halides is 4. The van der Waals surface area contributed by atoms with Crippen molar-refractivity contribution in [3.63, 3.8) is 0 Å². The molecule has 19 heavy (non-hydrogen) atoms. The van der Waals surface area contributed by atoms with Crippen LogP contribution in [-0.4, -0.2) is 21.9 Å². The minimum absolute atomic E-state index is 0.319. The Labute approximate surface area is 118 Å². The van der Waals surface area contributed by atoms with Gasteiger partial charge in [0.2, 0.25) is 0 Å². The van der Waals surface area contributed by atoms with Crippen LogP contribution in [0.5, 0.6) is 0 Å². The first kappa shape index (κ1) is 13.2. The zero-order valence-electron chi connectivity index (χ0n) is 10.2. The zero-order valence-corrected chi connectivity index (χ0v) is 11.8. The lowest BCUT2D eigenvalue weighted by Crippen LogP contribution is -2.43. The first-order chi connectivity index (χ1) is 8.95. The first-order valence-electron chi connectivity index (χ1n) is 6.41. The molecule has 2 saturated heterocycles. The second kappa shape index (κ2) is 4.65. The van der Waals surface area contributed by atoms with Gasteiger partial charge in [0.1, 0.15) is 5.82 Å². The van der Waals surface area contributed by atoms with Gasteiger partial charge >= 0.3 is 6.18 Å². The maximum atomic E-state index is 12.8. The van der Waals surface area contributed by atoms with Crippen LogP contribution in [0.4, 0.5) is 19.0 Å². The molecule has 1 aromatic rings. The van der Waals surface area contributed by atoms with Crippen LogP contribution >= 0.6 is 15.9 Å². The number of pyridine rings is 1. The average Bonchev–Trinajstić information content (AvgIpc) is 2.61. The molecule has 0 radical (unpaired) electrons. The minimum atomic E-state index is -4.30. The van der Waals surface area contributed by atoms with Crippen LogP contribution in [0.25, 0.3) is 0 Å². The lowest BCUT2D eigenvalue weighted by Gasteiger charge is -2.38. The second-order valence-corrected chi connectivity index (χ2v) is 6.56. The van der Waals surface area contributed by atoms with E-state index in [0.29, 0.717) is 22.7 Å². The highest BCUT2D eigenvalue weighted by Crippen LogP contribution is 2.41. The van der Waals surface area contributed by atoms with Crippen molar-refractivity contribution < 1.29 is 13.2 Å². The number of anilines is 1. The van der Waals surface area contributed by atoms with Gasteiger partial charge in [0.25, 0.3) is 0 Å². The number of rotatable bonds is 1. The van der Waals surface area contributed by atoms with Crippen molar-refractivity contribution in [3.8, 4) is 0 Å². The van der Waals surface area contributed by atoms with Crippen LogP contribution in [0.15, 0.2) is 18.3 Å². The monoisotopic (exact) mass is 334 g/mol. The standard InChI is InChI=1S/C13H14BrF3N2/c14-9-6-10-1-2-11(7-9)19(10)12-5-8(3-4-18-12)13(15,16)17/h3-5,9-11H,1-2,6-7H2. The van der Waals surface area contributed by atoms with Crippen LogP contribution in [-0.2, 0) is 6.18 Å². The molecule has 2 bridgehead atoms. The molecule has 0 aromatic carbocycles. The highest BCUT2D eigenvalue weighted by atomic mass is 79.9. The van der Waals surface area contributed by atoms with E-state index in [1.807, 2.05) is 0 Å². The van der Waals surface area contributed by atoms with Gasteiger partial charge in [-0.15, -0.1) is 0 Å². The normalized spacial score (nSPS) is 30.7. The van der Waals surface area contributed by atoms with Crippen LogP contribution in [0.1, 0.15) is 31.2 Å². The molecule has 2 fully saturated rings. The molecule has 0 N–H and O–H groups in total. The number of halogens is 4. The topological polar surface area (TPSA) is 16.1 Å². The Balaban J connectivity index is 1.91. The van der Waals surface area contributed by atoms with Gasteiger partial charge in [0.05, 0.1) is 5.56 Å². The SMILES string of the molecule is FC(F)(F)c1ccnc(N2C3CCC2CC(Br)C3)c1. The maximum absolute atomic E-state index is 12.8. The van der Waals surface area contributed by atoms with Crippen LogP contribution in [0, 0.1) is 0 Å². The second-order valence-electron chi connectivity index (χ2n) is 5.26. The van der Waals surface area contributed by atoms with Crippen molar-refractivity contribution >= 4 is 21.7 Å². The van der Waals surface area contributed by atoms with Gasteiger partial charge < -0.3 is 4.90 Å². The van der Waals surface area contributed by atoms with Gasteiger partial charge in [-0.25, -0.2) is 4.98 Å². The van der Waals surface area contributed by atoms with Gasteiger partial charge in [-0.05, 0) is 37.8 Å². The minimum Gasteiger partial charge on any atom is -0.351 e. The molecule has 104 valence electrons. The summed E-state index contributed by atoms with van der Waals surface area (Å²) in [6, 6.07) is 2.85. The third-order valence-corrected chi connectivity index (χ3v) is 4.76. The molecule has 2 unspecified atom stereocenters. The van der Waals surface area contributed by atoms with Crippen molar-refractivity contribution in [3.05, 3.63) is 23.9 Å². The number of nitrogens with zero attached hydrogens (tertiary/aromatic N) is 2. The molecule has 0 spiro atoms. The van der Waals surface area contributed by atoms with E-state index >= 15 is 0 Å². The number of hydrogen-bond donors (Lipinski definition) is 0. The predicted molar refractivity (Wildman–Crippen MR) is 70.5 cm³/mol. The van der Waals surface area contributed by atoms with Crippen LogP contribution in [0.2, 0.25) is 0 Å². The molecule has 2 atom stereocenters. The molecule has 3 heterocycles. The van der Waals surface area contributed by atoms with E-state index in [1.165, 1.54) is 12.3 Å². The van der Waals surface area contributed by atoms with Gasteiger partial charge in [-0.2, -0.15) is 13.2 Å². The summed E-state index contributed by atoms with van der Waals surface area (Å²) in [6.07, 6.45) is 1.01. The van der Waals surface area contributed by atoms with Gasteiger partial charge in [-0.3, -0.25) is 0 Å². The molecule has 0 saturated carbocycles.